The van der Waals surface area contributed by atoms with E-state index in [1.807, 2.05) is 19.0 Å². The molecule has 0 saturated carbocycles. The number of likely N-dealkylation sites (N-methyl/N-ethyl adjacent to an activating group) is 1. The minimum atomic E-state index is -1.81. The zero-order chi connectivity index (χ0) is 26.1. The van der Waals surface area contributed by atoms with Crippen LogP contribution in [0.25, 0.3) is 11.3 Å². The van der Waals surface area contributed by atoms with Gasteiger partial charge < -0.3 is 19.1 Å². The number of nitrogens with one attached hydrogen (secondary N) is 2. The predicted octanol–water partition coefficient (Wildman–Crippen LogP) is 1.67. The van der Waals surface area contributed by atoms with E-state index in [9.17, 15) is 14.4 Å². The first-order valence-corrected chi connectivity index (χ1v) is 11.6. The Kier molecular flexibility index (Phi) is 5.63. The number of rotatable bonds is 3. The van der Waals surface area contributed by atoms with Crippen molar-refractivity contribution >= 4 is 23.5 Å². The highest BCUT2D eigenvalue weighted by Gasteiger charge is 2.63. The van der Waals surface area contributed by atoms with Gasteiger partial charge in [0.2, 0.25) is 11.8 Å². The first kappa shape index (κ1) is 24.3. The molecule has 36 heavy (non-hydrogen) atoms. The summed E-state index contributed by atoms with van der Waals surface area (Å²) in [5.41, 5.74) is -1.04. The van der Waals surface area contributed by atoms with Crippen LogP contribution in [-0.4, -0.2) is 73.3 Å². The lowest BCUT2D eigenvalue weighted by molar-refractivity contribution is -0.154. The monoisotopic (exact) mass is 503 g/mol. The van der Waals surface area contributed by atoms with Crippen molar-refractivity contribution in [2.75, 3.05) is 32.1 Å². The van der Waals surface area contributed by atoms with Gasteiger partial charge in [-0.05, 0) is 46.5 Å². The molecule has 2 N–H and O–H groups in total. The van der Waals surface area contributed by atoms with Crippen molar-refractivity contribution in [3.63, 3.8) is 0 Å². The van der Waals surface area contributed by atoms with Gasteiger partial charge in [0, 0.05) is 30.6 Å². The Labute approximate surface area is 205 Å². The summed E-state index contributed by atoms with van der Waals surface area (Å²) in [4.78, 5) is 42.1. The Balaban J connectivity index is 1.73. The number of anilines is 1. The molecular formula is C24H27F2N5O5. The molecule has 3 aliphatic heterocycles. The summed E-state index contributed by atoms with van der Waals surface area (Å²) in [6, 6.07) is -0.497. The van der Waals surface area contributed by atoms with Crippen LogP contribution < -0.4 is 15.5 Å². The van der Waals surface area contributed by atoms with E-state index in [0.717, 1.165) is 0 Å². The highest BCUT2D eigenvalue weighted by Crippen LogP contribution is 2.49. The number of carbonyl (C=O) groups excluding carboxylic acids is 3. The fraction of sp³-hybridized carbons (Fsp3) is 0.500. The molecule has 12 heteroatoms. The zero-order valence-electron chi connectivity index (χ0n) is 20.6. The maximum atomic E-state index is 15.9. The summed E-state index contributed by atoms with van der Waals surface area (Å²) in [6.45, 7) is 5.61. The Morgan fingerprint density at radius 3 is 2.42 bits per heavy atom. The van der Waals surface area contributed by atoms with Gasteiger partial charge in [-0.3, -0.25) is 20.2 Å². The molecule has 0 aliphatic carbocycles. The molecule has 0 unspecified atom stereocenters. The van der Waals surface area contributed by atoms with Crippen molar-refractivity contribution in [3.05, 3.63) is 34.6 Å². The predicted molar refractivity (Wildman–Crippen MR) is 123 cm³/mol. The summed E-state index contributed by atoms with van der Waals surface area (Å²) < 4.78 is 42.7. The molecule has 2 saturated heterocycles. The molecule has 4 amide bonds. The standard InChI is InChI=1S/C24H27F2N5O5/c1-10-11(2)36-29-18(10)15-6-13-7-24(21(32)27-23(34)28-22(24)33)20-12(3)35-14(8-30(4)5)9-31(20)19(13)17(26)16(15)25/h6,12,14,20H,7-9H2,1-5H3,(H2,27,28,32,33,34)/t12-,14+,20+/m0/s1. The van der Waals surface area contributed by atoms with Gasteiger partial charge in [-0.1, -0.05) is 5.16 Å². The van der Waals surface area contributed by atoms with E-state index >= 15 is 8.78 Å². The van der Waals surface area contributed by atoms with Gasteiger partial charge in [0.05, 0.1) is 23.9 Å². The van der Waals surface area contributed by atoms with Crippen LogP contribution in [0.5, 0.6) is 0 Å². The number of morpholine rings is 1. The summed E-state index contributed by atoms with van der Waals surface area (Å²) in [6.07, 6.45) is -1.39. The van der Waals surface area contributed by atoms with Gasteiger partial charge in [0.25, 0.3) is 0 Å². The Morgan fingerprint density at radius 1 is 1.17 bits per heavy atom. The zero-order valence-corrected chi connectivity index (χ0v) is 20.6. The second kappa shape index (κ2) is 8.34. The number of benzene rings is 1. The molecule has 3 atom stereocenters. The van der Waals surface area contributed by atoms with Crippen molar-refractivity contribution < 1.29 is 32.4 Å². The largest absolute Gasteiger partial charge is 0.370 e. The number of fused-ring (bicyclic) bond motifs is 4. The lowest BCUT2D eigenvalue weighted by Crippen LogP contribution is -2.75. The number of halogens is 2. The number of aromatic nitrogens is 1. The number of aryl methyl sites for hydroxylation is 1. The minimum absolute atomic E-state index is 0.0267. The number of ether oxygens (including phenoxy) is 1. The van der Waals surface area contributed by atoms with E-state index in [0.29, 0.717) is 17.9 Å². The van der Waals surface area contributed by atoms with Gasteiger partial charge in [-0.25, -0.2) is 13.6 Å². The molecule has 2 aromatic rings. The average molecular weight is 504 g/mol. The lowest BCUT2D eigenvalue weighted by atomic mass is 9.66. The molecule has 2 fully saturated rings. The summed E-state index contributed by atoms with van der Waals surface area (Å²) in [7, 11) is 3.71. The van der Waals surface area contributed by atoms with E-state index in [2.05, 4.69) is 15.8 Å². The maximum Gasteiger partial charge on any atom is 0.328 e. The lowest BCUT2D eigenvalue weighted by Gasteiger charge is -2.55. The fourth-order valence-electron chi connectivity index (χ4n) is 5.77. The van der Waals surface area contributed by atoms with E-state index in [1.165, 1.54) is 6.07 Å². The van der Waals surface area contributed by atoms with Crippen molar-refractivity contribution in [2.45, 2.75) is 45.4 Å². The second-order valence-electron chi connectivity index (χ2n) is 9.98. The van der Waals surface area contributed by atoms with Crippen molar-refractivity contribution in [2.24, 2.45) is 5.41 Å². The number of imide groups is 2. The highest BCUT2D eigenvalue weighted by atomic mass is 19.2. The van der Waals surface area contributed by atoms with Crippen LogP contribution in [0.3, 0.4) is 0 Å². The molecule has 10 nitrogen and oxygen atoms in total. The van der Waals surface area contributed by atoms with Gasteiger partial charge in [-0.15, -0.1) is 0 Å². The minimum Gasteiger partial charge on any atom is -0.370 e. The topological polar surface area (TPSA) is 117 Å². The van der Waals surface area contributed by atoms with Crippen LogP contribution in [0.1, 0.15) is 23.8 Å². The highest BCUT2D eigenvalue weighted by molar-refractivity contribution is 6.20. The first-order valence-electron chi connectivity index (χ1n) is 11.6. The number of hydrogen-bond acceptors (Lipinski definition) is 8. The second-order valence-corrected chi connectivity index (χ2v) is 9.98. The van der Waals surface area contributed by atoms with Gasteiger partial charge >= 0.3 is 6.03 Å². The van der Waals surface area contributed by atoms with Gasteiger partial charge in [0.1, 0.15) is 11.5 Å². The molecule has 5 rings (SSSR count). The fourth-order valence-corrected chi connectivity index (χ4v) is 5.77. The molecule has 0 radical (unpaired) electrons. The number of barbiturate groups is 1. The number of carbonyl (C=O) groups is 3. The quantitative estimate of drug-likeness (QED) is 0.608. The number of urea groups is 1. The van der Waals surface area contributed by atoms with Crippen molar-refractivity contribution in [3.8, 4) is 11.3 Å². The third-order valence-corrected chi connectivity index (χ3v) is 7.35. The molecule has 4 heterocycles. The first-order chi connectivity index (χ1) is 17.0. The van der Waals surface area contributed by atoms with E-state index in [1.54, 1.807) is 25.7 Å². The SMILES string of the molecule is Cc1onc(-c2cc3c(c(F)c2F)N2C[C@@H](CN(C)C)O[C@@H](C)[C@@H]2C2(C3)C(=O)NC(=O)NC2=O)c1C. The summed E-state index contributed by atoms with van der Waals surface area (Å²) in [5.74, 6) is -3.36. The van der Waals surface area contributed by atoms with Crippen LogP contribution in [0, 0.1) is 30.9 Å². The van der Waals surface area contributed by atoms with Crippen LogP contribution in [0.4, 0.5) is 19.3 Å². The number of hydrogen-bond donors (Lipinski definition) is 2. The normalized spacial score (nSPS) is 25.1. The Hall–Kier alpha value is -3.38. The number of amides is 4. The smallest absolute Gasteiger partial charge is 0.328 e. The van der Waals surface area contributed by atoms with E-state index < -0.39 is 53.1 Å². The van der Waals surface area contributed by atoms with Gasteiger partial charge in [0.15, 0.2) is 17.0 Å². The van der Waals surface area contributed by atoms with Crippen molar-refractivity contribution in [1.82, 2.24) is 20.7 Å². The summed E-state index contributed by atoms with van der Waals surface area (Å²) >= 11 is 0. The van der Waals surface area contributed by atoms with E-state index in [-0.39, 0.29) is 35.5 Å². The molecule has 1 aromatic heterocycles. The molecular weight excluding hydrogens is 476 g/mol. The Bertz CT molecular complexity index is 1270. The molecule has 0 bridgehead atoms. The molecule has 192 valence electrons. The van der Waals surface area contributed by atoms with E-state index in [4.69, 9.17) is 9.26 Å². The van der Waals surface area contributed by atoms with Crippen LogP contribution in [-0.2, 0) is 20.7 Å². The third kappa shape index (κ3) is 3.42. The van der Waals surface area contributed by atoms with Crippen LogP contribution in [0.15, 0.2) is 10.6 Å². The average Bonchev–Trinajstić information content (AvgIpc) is 3.11. The van der Waals surface area contributed by atoms with Gasteiger partial charge in [-0.2, -0.15) is 0 Å². The summed E-state index contributed by atoms with van der Waals surface area (Å²) in [5, 5.41) is 8.27. The third-order valence-electron chi connectivity index (χ3n) is 7.35. The van der Waals surface area contributed by atoms with Crippen LogP contribution in [0.2, 0.25) is 0 Å². The number of nitrogens with zero attached hydrogens (tertiary/aromatic N) is 3. The molecule has 3 aliphatic rings. The maximum absolute atomic E-state index is 15.9. The molecule has 1 spiro atoms. The van der Waals surface area contributed by atoms with Crippen molar-refractivity contribution in [1.29, 1.82) is 0 Å². The molecule has 1 aromatic carbocycles. The van der Waals surface area contributed by atoms with Crippen LogP contribution >= 0.6 is 0 Å². The Morgan fingerprint density at radius 2 is 1.83 bits per heavy atom.